The van der Waals surface area contributed by atoms with Crippen LogP contribution in [0.15, 0.2) is 42.5 Å². The second-order valence-electron chi connectivity index (χ2n) is 3.71. The molecule has 82 valence electrons. The molecule has 0 amide bonds. The summed E-state index contributed by atoms with van der Waals surface area (Å²) in [6.45, 7) is 1.86. The molecule has 3 heteroatoms. The maximum absolute atomic E-state index is 12.9. The van der Waals surface area contributed by atoms with Gasteiger partial charge in [0.15, 0.2) is 0 Å². The molecule has 2 aromatic rings. The van der Waals surface area contributed by atoms with Crippen LogP contribution in [-0.2, 0) is 0 Å². The van der Waals surface area contributed by atoms with Gasteiger partial charge in [-0.05, 0) is 48.9 Å². The third kappa shape index (κ3) is 2.31. The molecule has 0 bridgehead atoms. The smallest absolute Gasteiger partial charge is 0.123 e. The van der Waals surface area contributed by atoms with Crippen LogP contribution in [0, 0.1) is 12.7 Å². The van der Waals surface area contributed by atoms with Crippen LogP contribution in [0.2, 0.25) is 0 Å². The maximum atomic E-state index is 12.9. The molecule has 0 spiro atoms. The van der Waals surface area contributed by atoms with Gasteiger partial charge in [0.05, 0.1) is 0 Å². The van der Waals surface area contributed by atoms with Crippen LogP contribution in [0.4, 0.5) is 21.5 Å². The number of nitrogens with two attached hydrogens (primary N) is 1. The molecule has 2 aromatic carbocycles. The minimum absolute atomic E-state index is 0.226. The van der Waals surface area contributed by atoms with Crippen LogP contribution in [0.25, 0.3) is 0 Å². The summed E-state index contributed by atoms with van der Waals surface area (Å²) in [7, 11) is 0. The molecule has 0 saturated carbocycles. The van der Waals surface area contributed by atoms with Gasteiger partial charge in [-0.25, -0.2) is 4.39 Å². The second kappa shape index (κ2) is 4.23. The van der Waals surface area contributed by atoms with E-state index in [2.05, 4.69) is 5.32 Å². The molecule has 0 aliphatic rings. The largest absolute Gasteiger partial charge is 0.399 e. The van der Waals surface area contributed by atoms with Gasteiger partial charge >= 0.3 is 0 Å². The second-order valence-corrected chi connectivity index (χ2v) is 3.71. The van der Waals surface area contributed by atoms with Crippen molar-refractivity contribution in [3.63, 3.8) is 0 Å². The van der Waals surface area contributed by atoms with Crippen molar-refractivity contribution in [3.05, 3.63) is 53.8 Å². The molecule has 0 heterocycles. The number of nitrogens with one attached hydrogen (secondary N) is 1. The quantitative estimate of drug-likeness (QED) is 0.754. The number of aryl methyl sites for hydroxylation is 1. The zero-order valence-electron chi connectivity index (χ0n) is 9.00. The first-order valence-electron chi connectivity index (χ1n) is 5.04. The zero-order valence-corrected chi connectivity index (χ0v) is 9.00. The van der Waals surface area contributed by atoms with Gasteiger partial charge in [0.1, 0.15) is 5.82 Å². The van der Waals surface area contributed by atoms with Gasteiger partial charge in [-0.1, -0.05) is 6.07 Å². The molecule has 3 N–H and O–H groups in total. The summed E-state index contributed by atoms with van der Waals surface area (Å²) < 4.78 is 12.9. The van der Waals surface area contributed by atoms with Crippen LogP contribution in [-0.4, -0.2) is 0 Å². The summed E-state index contributed by atoms with van der Waals surface area (Å²) in [6, 6.07) is 12.1. The van der Waals surface area contributed by atoms with Gasteiger partial charge in [-0.2, -0.15) is 0 Å². The highest BCUT2D eigenvalue weighted by atomic mass is 19.1. The molecule has 0 saturated heterocycles. The van der Waals surface area contributed by atoms with Crippen molar-refractivity contribution in [2.45, 2.75) is 6.92 Å². The Hall–Kier alpha value is -2.03. The molecular formula is C13H13FN2. The minimum Gasteiger partial charge on any atom is -0.399 e. The van der Waals surface area contributed by atoms with Gasteiger partial charge < -0.3 is 11.1 Å². The normalized spacial score (nSPS) is 10.1. The van der Waals surface area contributed by atoms with Crippen LogP contribution in [0.1, 0.15) is 5.56 Å². The highest BCUT2D eigenvalue weighted by Gasteiger charge is 2.00. The van der Waals surface area contributed by atoms with Gasteiger partial charge in [0, 0.05) is 17.1 Å². The Balaban J connectivity index is 2.27. The van der Waals surface area contributed by atoms with E-state index in [9.17, 15) is 4.39 Å². The third-order valence-electron chi connectivity index (χ3n) is 2.35. The minimum atomic E-state index is -0.226. The maximum Gasteiger partial charge on any atom is 0.123 e. The lowest BCUT2D eigenvalue weighted by atomic mass is 10.2. The highest BCUT2D eigenvalue weighted by molar-refractivity contribution is 5.65. The van der Waals surface area contributed by atoms with E-state index in [1.807, 2.05) is 31.2 Å². The Kier molecular flexibility index (Phi) is 2.77. The SMILES string of the molecule is Cc1cc(F)ccc1Nc1cccc(N)c1. The number of hydrogen-bond acceptors (Lipinski definition) is 2. The molecule has 2 nitrogen and oxygen atoms in total. The monoisotopic (exact) mass is 216 g/mol. The van der Waals surface area contributed by atoms with Crippen LogP contribution >= 0.6 is 0 Å². The Morgan fingerprint density at radius 1 is 1.12 bits per heavy atom. The van der Waals surface area contributed by atoms with E-state index in [0.29, 0.717) is 5.69 Å². The Labute approximate surface area is 93.9 Å². The van der Waals surface area contributed by atoms with Crippen molar-refractivity contribution in [3.8, 4) is 0 Å². The van der Waals surface area contributed by atoms with Gasteiger partial charge in [0.2, 0.25) is 0 Å². The summed E-state index contributed by atoms with van der Waals surface area (Å²) in [5.41, 5.74) is 9.02. The number of halogens is 1. The fourth-order valence-corrected chi connectivity index (χ4v) is 1.54. The summed E-state index contributed by atoms with van der Waals surface area (Å²) in [4.78, 5) is 0. The Morgan fingerprint density at radius 3 is 2.62 bits per heavy atom. The number of anilines is 3. The summed E-state index contributed by atoms with van der Waals surface area (Å²) >= 11 is 0. The lowest BCUT2D eigenvalue weighted by Crippen LogP contribution is -1.94. The first-order chi connectivity index (χ1) is 7.65. The van der Waals surface area contributed by atoms with E-state index in [1.165, 1.54) is 12.1 Å². The van der Waals surface area contributed by atoms with Gasteiger partial charge in [-0.3, -0.25) is 0 Å². The molecule has 16 heavy (non-hydrogen) atoms. The highest BCUT2D eigenvalue weighted by Crippen LogP contribution is 2.22. The van der Waals surface area contributed by atoms with Gasteiger partial charge in [0.25, 0.3) is 0 Å². The third-order valence-corrected chi connectivity index (χ3v) is 2.35. The lowest BCUT2D eigenvalue weighted by Gasteiger charge is -2.09. The summed E-state index contributed by atoms with van der Waals surface area (Å²) in [5, 5.41) is 3.19. The van der Waals surface area contributed by atoms with E-state index in [1.54, 1.807) is 6.07 Å². The molecule has 0 radical (unpaired) electrons. The molecule has 2 rings (SSSR count). The fraction of sp³-hybridized carbons (Fsp3) is 0.0769. The van der Waals surface area contributed by atoms with Crippen LogP contribution in [0.3, 0.4) is 0 Å². The molecule has 0 atom stereocenters. The van der Waals surface area contributed by atoms with Crippen LogP contribution < -0.4 is 11.1 Å². The Morgan fingerprint density at radius 2 is 1.94 bits per heavy atom. The van der Waals surface area contributed by atoms with E-state index in [4.69, 9.17) is 5.73 Å². The average Bonchev–Trinajstić information content (AvgIpc) is 2.22. The number of benzene rings is 2. The van der Waals surface area contributed by atoms with Crippen molar-refractivity contribution >= 4 is 17.1 Å². The molecule has 0 aromatic heterocycles. The molecule has 0 aliphatic heterocycles. The van der Waals surface area contributed by atoms with E-state index >= 15 is 0 Å². The van der Waals surface area contributed by atoms with Gasteiger partial charge in [-0.15, -0.1) is 0 Å². The van der Waals surface area contributed by atoms with Crippen molar-refractivity contribution in [1.29, 1.82) is 0 Å². The summed E-state index contributed by atoms with van der Waals surface area (Å²) in [5.74, 6) is -0.226. The number of hydrogen-bond donors (Lipinski definition) is 2. The number of rotatable bonds is 2. The van der Waals surface area contributed by atoms with Crippen molar-refractivity contribution in [1.82, 2.24) is 0 Å². The van der Waals surface area contributed by atoms with E-state index in [-0.39, 0.29) is 5.82 Å². The summed E-state index contributed by atoms with van der Waals surface area (Å²) in [6.07, 6.45) is 0. The predicted molar refractivity (Wildman–Crippen MR) is 65.3 cm³/mol. The average molecular weight is 216 g/mol. The Bertz CT molecular complexity index is 509. The molecular weight excluding hydrogens is 203 g/mol. The first-order valence-corrected chi connectivity index (χ1v) is 5.04. The topological polar surface area (TPSA) is 38.0 Å². The molecule has 0 fully saturated rings. The zero-order chi connectivity index (χ0) is 11.5. The van der Waals surface area contributed by atoms with Crippen molar-refractivity contribution in [2.24, 2.45) is 0 Å². The standard InChI is InChI=1S/C13H13FN2/c1-9-7-10(14)5-6-13(9)16-12-4-2-3-11(15)8-12/h2-8,16H,15H2,1H3. The molecule has 0 unspecified atom stereocenters. The lowest BCUT2D eigenvalue weighted by molar-refractivity contribution is 0.627. The first kappa shape index (κ1) is 10.5. The van der Waals surface area contributed by atoms with Crippen molar-refractivity contribution < 1.29 is 4.39 Å². The molecule has 0 aliphatic carbocycles. The van der Waals surface area contributed by atoms with E-state index in [0.717, 1.165) is 16.9 Å². The van der Waals surface area contributed by atoms with E-state index < -0.39 is 0 Å². The number of nitrogen functional groups attached to an aromatic ring is 1. The van der Waals surface area contributed by atoms with Crippen LogP contribution in [0.5, 0.6) is 0 Å². The van der Waals surface area contributed by atoms with Crippen molar-refractivity contribution in [2.75, 3.05) is 11.1 Å². The fourth-order valence-electron chi connectivity index (χ4n) is 1.54. The predicted octanol–water partition coefficient (Wildman–Crippen LogP) is 3.46.